The molecule has 3 aromatic rings. The third-order valence-corrected chi connectivity index (χ3v) is 3.50. The number of benzene rings is 2. The van der Waals surface area contributed by atoms with Gasteiger partial charge in [0, 0.05) is 15.6 Å². The van der Waals surface area contributed by atoms with Crippen molar-refractivity contribution in [2.45, 2.75) is 6.61 Å². The van der Waals surface area contributed by atoms with Crippen molar-refractivity contribution in [3.05, 3.63) is 69.8 Å². The van der Waals surface area contributed by atoms with E-state index in [0.717, 1.165) is 6.07 Å². The van der Waals surface area contributed by atoms with Crippen LogP contribution in [0.5, 0.6) is 0 Å². The van der Waals surface area contributed by atoms with Gasteiger partial charge in [0.1, 0.15) is 5.82 Å². The molecule has 0 N–H and O–H groups in total. The average Bonchev–Trinajstić information content (AvgIpc) is 3.04. The predicted molar refractivity (Wildman–Crippen MR) is 85.3 cm³/mol. The highest BCUT2D eigenvalue weighted by Crippen LogP contribution is 2.20. The van der Waals surface area contributed by atoms with Crippen molar-refractivity contribution in [1.29, 1.82) is 0 Å². The van der Waals surface area contributed by atoms with Gasteiger partial charge in [-0.2, -0.15) is 4.98 Å². The van der Waals surface area contributed by atoms with Crippen molar-refractivity contribution in [2.75, 3.05) is 0 Å². The Morgan fingerprint density at radius 1 is 1.17 bits per heavy atom. The third kappa shape index (κ3) is 3.72. The molecular weight excluding hydrogens is 358 g/mol. The number of aromatic nitrogens is 2. The molecule has 3 rings (SSSR count). The maximum Gasteiger partial charge on any atom is 0.341 e. The van der Waals surface area contributed by atoms with Crippen LogP contribution < -0.4 is 0 Å². The van der Waals surface area contributed by atoms with Crippen molar-refractivity contribution < 1.29 is 18.4 Å². The van der Waals surface area contributed by atoms with Gasteiger partial charge in [-0.05, 0) is 30.3 Å². The van der Waals surface area contributed by atoms with Crippen LogP contribution in [0.3, 0.4) is 0 Å². The van der Waals surface area contributed by atoms with Crippen LogP contribution in [0, 0.1) is 5.82 Å². The van der Waals surface area contributed by atoms with Crippen LogP contribution in [0.2, 0.25) is 10.0 Å². The highest BCUT2D eigenvalue weighted by molar-refractivity contribution is 6.31. The maximum absolute atomic E-state index is 13.6. The molecule has 0 aliphatic heterocycles. The molecule has 0 atom stereocenters. The monoisotopic (exact) mass is 366 g/mol. The van der Waals surface area contributed by atoms with Crippen LogP contribution in [0.25, 0.3) is 11.4 Å². The molecule has 0 saturated heterocycles. The van der Waals surface area contributed by atoms with Crippen molar-refractivity contribution in [3.8, 4) is 11.4 Å². The van der Waals surface area contributed by atoms with E-state index in [-0.39, 0.29) is 23.1 Å². The summed E-state index contributed by atoms with van der Waals surface area (Å²) in [6.07, 6.45) is 0. The minimum absolute atomic E-state index is 0.0701. The Bertz CT molecular complexity index is 899. The van der Waals surface area contributed by atoms with Crippen LogP contribution >= 0.6 is 23.2 Å². The summed E-state index contributed by atoms with van der Waals surface area (Å²) >= 11 is 11.6. The summed E-state index contributed by atoms with van der Waals surface area (Å²) in [5, 5.41) is 4.53. The zero-order valence-corrected chi connectivity index (χ0v) is 13.5. The SMILES string of the molecule is O=C(OCc1nc(-c2cccc(Cl)c2)no1)c1cc(Cl)ccc1F. The predicted octanol–water partition coefficient (Wildman–Crippen LogP) is 4.54. The first-order chi connectivity index (χ1) is 11.5. The van der Waals surface area contributed by atoms with Crippen molar-refractivity contribution in [2.24, 2.45) is 0 Å². The summed E-state index contributed by atoms with van der Waals surface area (Å²) < 4.78 is 23.5. The number of ether oxygens (including phenoxy) is 1. The van der Waals surface area contributed by atoms with E-state index in [1.165, 1.54) is 12.1 Å². The summed E-state index contributed by atoms with van der Waals surface area (Å²) in [6.45, 7) is -0.293. The second-order valence-electron chi connectivity index (χ2n) is 4.72. The van der Waals surface area contributed by atoms with Crippen LogP contribution in [0.4, 0.5) is 4.39 Å². The lowest BCUT2D eigenvalue weighted by Gasteiger charge is -2.03. The van der Waals surface area contributed by atoms with Gasteiger partial charge in [-0.3, -0.25) is 0 Å². The molecule has 0 aliphatic rings. The van der Waals surface area contributed by atoms with Crippen LogP contribution in [0.1, 0.15) is 16.2 Å². The molecule has 122 valence electrons. The van der Waals surface area contributed by atoms with E-state index in [1.54, 1.807) is 24.3 Å². The van der Waals surface area contributed by atoms with E-state index < -0.39 is 11.8 Å². The summed E-state index contributed by atoms with van der Waals surface area (Å²) in [5.41, 5.74) is 0.391. The Hall–Kier alpha value is -2.44. The number of carbonyl (C=O) groups excluding carboxylic acids is 1. The van der Waals surface area contributed by atoms with Gasteiger partial charge in [-0.15, -0.1) is 0 Å². The van der Waals surface area contributed by atoms with Crippen molar-refractivity contribution in [1.82, 2.24) is 10.1 Å². The molecule has 0 aliphatic carbocycles. The van der Waals surface area contributed by atoms with Gasteiger partial charge >= 0.3 is 5.97 Å². The first-order valence-corrected chi connectivity index (χ1v) is 7.49. The fourth-order valence-electron chi connectivity index (χ4n) is 1.92. The molecule has 0 fully saturated rings. The minimum atomic E-state index is -0.877. The van der Waals surface area contributed by atoms with Gasteiger partial charge in [0.05, 0.1) is 5.56 Å². The number of esters is 1. The number of carbonyl (C=O) groups is 1. The lowest BCUT2D eigenvalue weighted by molar-refractivity contribution is 0.0424. The summed E-state index contributed by atoms with van der Waals surface area (Å²) in [6, 6.07) is 10.5. The van der Waals surface area contributed by atoms with Gasteiger partial charge in [-0.1, -0.05) is 40.5 Å². The Morgan fingerprint density at radius 3 is 2.75 bits per heavy atom. The number of rotatable bonds is 4. The molecule has 0 spiro atoms. The van der Waals surface area contributed by atoms with E-state index in [1.807, 2.05) is 0 Å². The Morgan fingerprint density at radius 2 is 1.96 bits per heavy atom. The van der Waals surface area contributed by atoms with Gasteiger partial charge in [0.2, 0.25) is 5.82 Å². The van der Waals surface area contributed by atoms with Gasteiger partial charge < -0.3 is 9.26 Å². The zero-order valence-electron chi connectivity index (χ0n) is 12.0. The highest BCUT2D eigenvalue weighted by atomic mass is 35.5. The summed E-state index contributed by atoms with van der Waals surface area (Å²) in [5.74, 6) is -1.23. The quantitative estimate of drug-likeness (QED) is 0.634. The first kappa shape index (κ1) is 16.4. The van der Waals surface area contributed by atoms with E-state index >= 15 is 0 Å². The highest BCUT2D eigenvalue weighted by Gasteiger charge is 2.16. The number of hydrogen-bond acceptors (Lipinski definition) is 5. The maximum atomic E-state index is 13.6. The average molecular weight is 367 g/mol. The third-order valence-electron chi connectivity index (χ3n) is 3.03. The molecule has 0 amide bonds. The smallest absolute Gasteiger partial charge is 0.341 e. The standard InChI is InChI=1S/C16H9Cl2FN2O3/c17-10-3-1-2-9(6-10)15-20-14(24-21-15)8-23-16(22)12-7-11(18)4-5-13(12)19/h1-7H,8H2. The van der Waals surface area contributed by atoms with Gasteiger partial charge in [0.15, 0.2) is 6.61 Å². The topological polar surface area (TPSA) is 65.2 Å². The Labute approximate surface area is 146 Å². The summed E-state index contributed by atoms with van der Waals surface area (Å²) in [4.78, 5) is 16.0. The fraction of sp³-hybridized carbons (Fsp3) is 0.0625. The lowest BCUT2D eigenvalue weighted by atomic mass is 10.2. The molecular formula is C16H9Cl2FN2O3. The van der Waals surface area contributed by atoms with E-state index in [2.05, 4.69) is 10.1 Å². The zero-order chi connectivity index (χ0) is 17.1. The number of hydrogen-bond donors (Lipinski definition) is 0. The first-order valence-electron chi connectivity index (χ1n) is 6.73. The van der Waals surface area contributed by atoms with Gasteiger partial charge in [0.25, 0.3) is 5.89 Å². The molecule has 0 radical (unpaired) electrons. The second kappa shape index (κ2) is 6.98. The molecule has 1 heterocycles. The largest absolute Gasteiger partial charge is 0.452 e. The van der Waals surface area contributed by atoms with Crippen molar-refractivity contribution >= 4 is 29.2 Å². The molecule has 24 heavy (non-hydrogen) atoms. The lowest BCUT2D eigenvalue weighted by Crippen LogP contribution is -2.07. The fourth-order valence-corrected chi connectivity index (χ4v) is 2.28. The van der Waals surface area contributed by atoms with E-state index in [4.69, 9.17) is 32.5 Å². The normalized spacial score (nSPS) is 10.6. The molecule has 0 unspecified atom stereocenters. The molecule has 0 bridgehead atoms. The molecule has 0 saturated carbocycles. The molecule has 8 heteroatoms. The number of halogens is 3. The number of nitrogens with zero attached hydrogens (tertiary/aromatic N) is 2. The second-order valence-corrected chi connectivity index (χ2v) is 5.60. The molecule has 1 aromatic heterocycles. The van der Waals surface area contributed by atoms with Crippen molar-refractivity contribution in [3.63, 3.8) is 0 Å². The van der Waals surface area contributed by atoms with E-state index in [0.29, 0.717) is 16.4 Å². The van der Waals surface area contributed by atoms with E-state index in [9.17, 15) is 9.18 Å². The summed E-state index contributed by atoms with van der Waals surface area (Å²) in [7, 11) is 0. The van der Waals surface area contributed by atoms with Crippen LogP contribution in [-0.4, -0.2) is 16.1 Å². The minimum Gasteiger partial charge on any atom is -0.452 e. The van der Waals surface area contributed by atoms with Gasteiger partial charge in [-0.25, -0.2) is 9.18 Å². The van der Waals surface area contributed by atoms with Crippen LogP contribution in [0.15, 0.2) is 47.0 Å². The Kier molecular flexibility index (Phi) is 4.78. The van der Waals surface area contributed by atoms with Crippen LogP contribution in [-0.2, 0) is 11.3 Å². The molecule has 2 aromatic carbocycles. The Balaban J connectivity index is 1.69. The molecule has 5 nitrogen and oxygen atoms in total.